The van der Waals surface area contributed by atoms with E-state index >= 15 is 0 Å². The van der Waals surface area contributed by atoms with E-state index < -0.39 is 5.97 Å². The van der Waals surface area contributed by atoms with Gasteiger partial charge in [-0.05, 0) is 50.8 Å². The van der Waals surface area contributed by atoms with Gasteiger partial charge in [0.2, 0.25) is 0 Å². The summed E-state index contributed by atoms with van der Waals surface area (Å²) in [5.41, 5.74) is 4.21. The molecule has 1 aromatic carbocycles. The number of benzene rings is 1. The average molecular weight is 344 g/mol. The van der Waals surface area contributed by atoms with Gasteiger partial charge in [-0.1, -0.05) is 30.3 Å². The Bertz CT molecular complexity index is 780. The summed E-state index contributed by atoms with van der Waals surface area (Å²) >= 11 is 0. The summed E-state index contributed by atoms with van der Waals surface area (Å²) in [7, 11) is 0. The van der Waals surface area contributed by atoms with Crippen LogP contribution < -0.4 is 5.32 Å². The molecule has 0 spiro atoms. The summed E-state index contributed by atoms with van der Waals surface area (Å²) in [5, 5.41) is 6.64. The van der Waals surface area contributed by atoms with Gasteiger partial charge < -0.3 is 14.6 Å². The molecule has 2 rings (SSSR count). The van der Waals surface area contributed by atoms with Crippen molar-refractivity contribution in [2.24, 2.45) is 0 Å². The standard InChI is InChI=1S/C19H24N2O4/c1-6-16-18(14(5)25-21-16)19(23)24-10-17(22)20-13(4)15-8-7-11(2)12(3)9-15/h7-9,13H,6,10H2,1-5H3,(H,20,22). The van der Waals surface area contributed by atoms with Crippen molar-refractivity contribution in [3.05, 3.63) is 51.9 Å². The summed E-state index contributed by atoms with van der Waals surface area (Å²) in [5.74, 6) is -0.554. The molecule has 0 saturated heterocycles. The number of hydrogen-bond acceptors (Lipinski definition) is 5. The molecule has 25 heavy (non-hydrogen) atoms. The van der Waals surface area contributed by atoms with Crippen LogP contribution in [0.1, 0.15) is 58.4 Å². The predicted octanol–water partition coefficient (Wildman–Crippen LogP) is 3.20. The molecule has 0 fully saturated rings. The Hall–Kier alpha value is -2.63. The third-order valence-electron chi connectivity index (χ3n) is 4.22. The van der Waals surface area contributed by atoms with E-state index in [1.807, 2.05) is 45.9 Å². The maximum atomic E-state index is 12.1. The van der Waals surface area contributed by atoms with E-state index in [0.717, 1.165) is 5.56 Å². The van der Waals surface area contributed by atoms with Gasteiger partial charge >= 0.3 is 5.97 Å². The Kier molecular flexibility index (Phi) is 5.96. The van der Waals surface area contributed by atoms with Crippen LogP contribution in [0.25, 0.3) is 0 Å². The van der Waals surface area contributed by atoms with Gasteiger partial charge in [-0.3, -0.25) is 4.79 Å². The molecular weight excluding hydrogens is 320 g/mol. The Morgan fingerprint density at radius 3 is 2.60 bits per heavy atom. The van der Waals surface area contributed by atoms with Crippen LogP contribution in [0.15, 0.2) is 22.7 Å². The minimum Gasteiger partial charge on any atom is -0.452 e. The Balaban J connectivity index is 1.92. The van der Waals surface area contributed by atoms with Crippen molar-refractivity contribution in [3.63, 3.8) is 0 Å². The first kappa shape index (κ1) is 18.7. The monoisotopic (exact) mass is 344 g/mol. The van der Waals surface area contributed by atoms with Crippen molar-refractivity contribution in [1.29, 1.82) is 0 Å². The highest BCUT2D eigenvalue weighted by Crippen LogP contribution is 2.17. The third-order valence-corrected chi connectivity index (χ3v) is 4.22. The SMILES string of the molecule is CCc1noc(C)c1C(=O)OCC(=O)NC(C)c1ccc(C)c(C)c1. The summed E-state index contributed by atoms with van der Waals surface area (Å²) in [6, 6.07) is 5.87. The number of aromatic nitrogens is 1. The van der Waals surface area contributed by atoms with Crippen LogP contribution in [-0.2, 0) is 16.0 Å². The highest BCUT2D eigenvalue weighted by Gasteiger charge is 2.21. The van der Waals surface area contributed by atoms with E-state index in [-0.39, 0.29) is 18.6 Å². The first-order valence-corrected chi connectivity index (χ1v) is 8.32. The fourth-order valence-electron chi connectivity index (χ4n) is 2.52. The van der Waals surface area contributed by atoms with E-state index in [9.17, 15) is 9.59 Å². The molecule has 0 bridgehead atoms. The number of carbonyl (C=O) groups is 2. The molecule has 0 aliphatic rings. The van der Waals surface area contributed by atoms with Gasteiger partial charge in [0.25, 0.3) is 5.91 Å². The van der Waals surface area contributed by atoms with Gasteiger partial charge in [0.1, 0.15) is 11.3 Å². The van der Waals surface area contributed by atoms with Crippen LogP contribution in [0.3, 0.4) is 0 Å². The third kappa shape index (κ3) is 4.47. The van der Waals surface area contributed by atoms with Crippen LogP contribution in [0.4, 0.5) is 0 Å². The zero-order valence-electron chi connectivity index (χ0n) is 15.3. The summed E-state index contributed by atoms with van der Waals surface area (Å²) in [6.07, 6.45) is 0.553. The Labute approximate surface area is 147 Å². The number of aryl methyl sites for hydroxylation is 4. The van der Waals surface area contributed by atoms with E-state index in [0.29, 0.717) is 23.4 Å². The van der Waals surface area contributed by atoms with Crippen molar-refractivity contribution >= 4 is 11.9 Å². The molecule has 134 valence electrons. The lowest BCUT2D eigenvalue weighted by Crippen LogP contribution is -2.31. The van der Waals surface area contributed by atoms with Gasteiger partial charge in [0, 0.05) is 0 Å². The Morgan fingerprint density at radius 2 is 1.96 bits per heavy atom. The number of esters is 1. The molecule has 1 amide bonds. The summed E-state index contributed by atoms with van der Waals surface area (Å²) in [4.78, 5) is 24.2. The van der Waals surface area contributed by atoms with Crippen molar-refractivity contribution in [2.75, 3.05) is 6.61 Å². The molecule has 0 aliphatic heterocycles. The quantitative estimate of drug-likeness (QED) is 0.814. The fourth-order valence-corrected chi connectivity index (χ4v) is 2.52. The largest absolute Gasteiger partial charge is 0.452 e. The molecule has 0 saturated carbocycles. The molecule has 1 heterocycles. The van der Waals surface area contributed by atoms with Gasteiger partial charge in [-0.2, -0.15) is 0 Å². The zero-order valence-corrected chi connectivity index (χ0v) is 15.3. The van der Waals surface area contributed by atoms with Crippen molar-refractivity contribution in [2.45, 2.75) is 47.1 Å². The summed E-state index contributed by atoms with van der Waals surface area (Å²) in [6.45, 7) is 9.13. The van der Waals surface area contributed by atoms with E-state index in [2.05, 4.69) is 10.5 Å². The van der Waals surface area contributed by atoms with Crippen LogP contribution in [0.2, 0.25) is 0 Å². The molecule has 0 radical (unpaired) electrons. The minimum absolute atomic E-state index is 0.172. The van der Waals surface area contributed by atoms with Gasteiger partial charge in [-0.25, -0.2) is 4.79 Å². The number of nitrogens with one attached hydrogen (secondary N) is 1. The zero-order chi connectivity index (χ0) is 18.6. The average Bonchev–Trinajstić information content (AvgIpc) is 2.95. The van der Waals surface area contributed by atoms with Crippen LogP contribution in [-0.4, -0.2) is 23.6 Å². The lowest BCUT2D eigenvalue weighted by atomic mass is 10.0. The number of hydrogen-bond donors (Lipinski definition) is 1. The van der Waals surface area contributed by atoms with Gasteiger partial charge in [-0.15, -0.1) is 0 Å². The number of amides is 1. The predicted molar refractivity (Wildman–Crippen MR) is 93.4 cm³/mol. The number of carbonyl (C=O) groups excluding carboxylic acids is 2. The topological polar surface area (TPSA) is 81.4 Å². The fraction of sp³-hybridized carbons (Fsp3) is 0.421. The normalized spacial score (nSPS) is 11.9. The second kappa shape index (κ2) is 7.96. The lowest BCUT2D eigenvalue weighted by Gasteiger charge is -2.15. The van der Waals surface area contributed by atoms with E-state index in [1.165, 1.54) is 11.1 Å². The van der Waals surface area contributed by atoms with E-state index in [4.69, 9.17) is 9.26 Å². The maximum Gasteiger partial charge on any atom is 0.344 e. The molecule has 0 aliphatic carbocycles. The molecule has 1 N–H and O–H groups in total. The number of ether oxygens (including phenoxy) is 1. The second-order valence-electron chi connectivity index (χ2n) is 6.12. The van der Waals surface area contributed by atoms with Crippen LogP contribution in [0, 0.1) is 20.8 Å². The van der Waals surface area contributed by atoms with Crippen LogP contribution in [0.5, 0.6) is 0 Å². The molecule has 1 aromatic heterocycles. The first-order valence-electron chi connectivity index (χ1n) is 8.32. The van der Waals surface area contributed by atoms with Gasteiger partial charge in [0.15, 0.2) is 6.61 Å². The van der Waals surface area contributed by atoms with Gasteiger partial charge in [0.05, 0.1) is 11.7 Å². The van der Waals surface area contributed by atoms with Crippen molar-refractivity contribution in [1.82, 2.24) is 10.5 Å². The van der Waals surface area contributed by atoms with Crippen molar-refractivity contribution in [3.8, 4) is 0 Å². The molecule has 1 atom stereocenters. The molecule has 6 nitrogen and oxygen atoms in total. The Morgan fingerprint density at radius 1 is 1.24 bits per heavy atom. The van der Waals surface area contributed by atoms with Crippen molar-refractivity contribution < 1.29 is 18.8 Å². The molecule has 2 aromatic rings. The molecular formula is C19H24N2O4. The molecule has 6 heteroatoms. The lowest BCUT2D eigenvalue weighted by molar-refractivity contribution is -0.124. The number of nitrogens with zero attached hydrogens (tertiary/aromatic N) is 1. The molecule has 1 unspecified atom stereocenters. The number of rotatable bonds is 6. The van der Waals surface area contributed by atoms with Crippen LogP contribution >= 0.6 is 0 Å². The highest BCUT2D eigenvalue weighted by molar-refractivity contribution is 5.93. The minimum atomic E-state index is -0.593. The highest BCUT2D eigenvalue weighted by atomic mass is 16.5. The summed E-state index contributed by atoms with van der Waals surface area (Å²) < 4.78 is 10.1. The smallest absolute Gasteiger partial charge is 0.344 e. The van der Waals surface area contributed by atoms with E-state index in [1.54, 1.807) is 6.92 Å². The first-order chi connectivity index (χ1) is 11.8. The maximum absolute atomic E-state index is 12.1. The second-order valence-corrected chi connectivity index (χ2v) is 6.12.